The number of benzene rings is 1. The molecule has 0 aliphatic carbocycles. The van der Waals surface area contributed by atoms with E-state index in [2.05, 4.69) is 4.72 Å². The molecule has 0 aliphatic rings. The molecule has 1 rings (SSSR count). The molecule has 21 heavy (non-hydrogen) atoms. The van der Waals surface area contributed by atoms with E-state index in [-0.39, 0.29) is 21.2 Å². The average Bonchev–Trinajstić information content (AvgIpc) is 2.40. The smallest absolute Gasteiger partial charge is 0.258 e. The van der Waals surface area contributed by atoms with Gasteiger partial charge in [0.05, 0.1) is 20.9 Å². The maximum atomic E-state index is 12.2. The highest BCUT2D eigenvalue weighted by molar-refractivity contribution is 7.89. The van der Waals surface area contributed by atoms with E-state index in [1.54, 1.807) is 0 Å². The van der Waals surface area contributed by atoms with Crippen LogP contribution in [0.15, 0.2) is 17.0 Å². The zero-order valence-electron chi connectivity index (χ0n) is 11.5. The molecule has 0 fully saturated rings. The second kappa shape index (κ2) is 6.85. The summed E-state index contributed by atoms with van der Waals surface area (Å²) in [6.45, 7) is 3.24. The van der Waals surface area contributed by atoms with Crippen molar-refractivity contribution in [1.82, 2.24) is 4.72 Å². The Morgan fingerprint density at radius 2 is 2.14 bits per heavy atom. The first-order valence-electron chi connectivity index (χ1n) is 6.09. The molecule has 0 aromatic heterocycles. The van der Waals surface area contributed by atoms with Crippen molar-refractivity contribution in [1.29, 1.82) is 5.26 Å². The van der Waals surface area contributed by atoms with Crippen molar-refractivity contribution in [2.75, 3.05) is 0 Å². The predicted octanol–water partition coefficient (Wildman–Crippen LogP) is 2.53. The fraction of sp³-hybridized carbons (Fsp3) is 0.417. The summed E-state index contributed by atoms with van der Waals surface area (Å²) in [5, 5.41) is 19.8. The van der Waals surface area contributed by atoms with E-state index in [1.165, 1.54) is 6.92 Å². The molecule has 0 aliphatic heterocycles. The van der Waals surface area contributed by atoms with Gasteiger partial charge < -0.3 is 0 Å². The van der Waals surface area contributed by atoms with Crippen molar-refractivity contribution in [2.45, 2.75) is 37.6 Å². The molecular weight excluding hydrogens is 318 g/mol. The number of sulfonamides is 1. The minimum Gasteiger partial charge on any atom is -0.258 e. The quantitative estimate of drug-likeness (QED) is 0.635. The highest BCUT2D eigenvalue weighted by atomic mass is 35.5. The molecule has 9 heteroatoms. The molecule has 114 valence electrons. The number of nitrogens with zero attached hydrogens (tertiary/aromatic N) is 2. The Morgan fingerprint density at radius 3 is 2.62 bits per heavy atom. The number of nitrogens with one attached hydrogen (secondary N) is 1. The first-order chi connectivity index (χ1) is 9.72. The highest BCUT2D eigenvalue weighted by Crippen LogP contribution is 2.29. The minimum atomic E-state index is -4.05. The van der Waals surface area contributed by atoms with Crippen molar-refractivity contribution >= 4 is 27.3 Å². The topological polar surface area (TPSA) is 113 Å². The molecule has 0 saturated heterocycles. The summed E-state index contributed by atoms with van der Waals surface area (Å²) in [6.07, 6.45) is 0.965. The molecule has 7 nitrogen and oxygen atoms in total. The van der Waals surface area contributed by atoms with Gasteiger partial charge >= 0.3 is 0 Å². The van der Waals surface area contributed by atoms with Crippen LogP contribution in [0.2, 0.25) is 5.02 Å². The van der Waals surface area contributed by atoms with Crippen molar-refractivity contribution in [2.24, 2.45) is 0 Å². The Balaban J connectivity index is 3.27. The number of nitriles is 1. The molecule has 1 aromatic carbocycles. The number of hydrogen-bond donors (Lipinski definition) is 1. The third kappa shape index (κ3) is 4.14. The van der Waals surface area contributed by atoms with E-state index in [0.717, 1.165) is 12.1 Å². The van der Waals surface area contributed by atoms with Crippen LogP contribution in [0.3, 0.4) is 0 Å². The first kappa shape index (κ1) is 17.4. The minimum absolute atomic E-state index is 0.0198. The van der Waals surface area contributed by atoms with Gasteiger partial charge in [0.1, 0.15) is 6.04 Å². The van der Waals surface area contributed by atoms with Crippen molar-refractivity contribution in [3.63, 3.8) is 0 Å². The lowest BCUT2D eigenvalue weighted by atomic mass is 10.2. The van der Waals surface area contributed by atoms with Gasteiger partial charge in [0.25, 0.3) is 5.69 Å². The van der Waals surface area contributed by atoms with Crippen LogP contribution in [-0.2, 0) is 10.0 Å². The molecule has 0 bridgehead atoms. The van der Waals surface area contributed by atoms with E-state index in [0.29, 0.717) is 12.8 Å². The van der Waals surface area contributed by atoms with Gasteiger partial charge in [0, 0.05) is 11.6 Å². The predicted molar refractivity (Wildman–Crippen MR) is 77.5 cm³/mol. The van der Waals surface area contributed by atoms with Gasteiger partial charge in [-0.2, -0.15) is 9.98 Å². The van der Waals surface area contributed by atoms with Gasteiger partial charge in [-0.1, -0.05) is 24.9 Å². The van der Waals surface area contributed by atoms with Crippen LogP contribution in [0, 0.1) is 28.4 Å². The number of rotatable bonds is 6. The lowest BCUT2D eigenvalue weighted by Gasteiger charge is -2.12. The van der Waals surface area contributed by atoms with E-state index in [1.807, 2.05) is 13.0 Å². The lowest BCUT2D eigenvalue weighted by molar-refractivity contribution is -0.385. The summed E-state index contributed by atoms with van der Waals surface area (Å²) in [7, 11) is -4.05. The zero-order valence-corrected chi connectivity index (χ0v) is 13.0. The van der Waals surface area contributed by atoms with Crippen LogP contribution < -0.4 is 4.72 Å². The number of hydrogen-bond acceptors (Lipinski definition) is 5. The van der Waals surface area contributed by atoms with E-state index >= 15 is 0 Å². The van der Waals surface area contributed by atoms with Gasteiger partial charge in [-0.3, -0.25) is 10.1 Å². The van der Waals surface area contributed by atoms with Crippen LogP contribution in [0.4, 0.5) is 5.69 Å². The van der Waals surface area contributed by atoms with Crippen LogP contribution in [0.25, 0.3) is 0 Å². The Bertz CT molecular complexity index is 697. The van der Waals surface area contributed by atoms with Gasteiger partial charge in [-0.05, 0) is 19.4 Å². The van der Waals surface area contributed by atoms with E-state index < -0.39 is 21.0 Å². The molecule has 1 N–H and O–H groups in total. The summed E-state index contributed by atoms with van der Waals surface area (Å²) < 4.78 is 26.5. The third-order valence-corrected chi connectivity index (χ3v) is 4.67. The Hall–Kier alpha value is -1.69. The van der Waals surface area contributed by atoms with Crippen molar-refractivity contribution in [3.8, 4) is 6.07 Å². The SMILES string of the molecule is CCCC(C#N)NS(=O)(=O)c1cc(Cl)c(C)c([N+](=O)[O-])c1. The third-order valence-electron chi connectivity index (χ3n) is 2.83. The summed E-state index contributed by atoms with van der Waals surface area (Å²) in [6, 6.07) is 3.01. The fourth-order valence-corrected chi connectivity index (χ4v) is 3.18. The lowest BCUT2D eigenvalue weighted by Crippen LogP contribution is -2.33. The molecule has 1 atom stereocenters. The molecule has 0 heterocycles. The van der Waals surface area contributed by atoms with Crippen LogP contribution in [0.5, 0.6) is 0 Å². The van der Waals surface area contributed by atoms with Crippen molar-refractivity contribution < 1.29 is 13.3 Å². The normalized spacial score (nSPS) is 12.7. The number of nitro groups is 1. The largest absolute Gasteiger partial charge is 0.275 e. The number of halogens is 1. The second-order valence-corrected chi connectivity index (χ2v) is 6.52. The molecule has 1 unspecified atom stereocenters. The molecular formula is C12H14ClN3O4S. The molecule has 0 saturated carbocycles. The van der Waals surface area contributed by atoms with Gasteiger partial charge in [0.15, 0.2) is 0 Å². The van der Waals surface area contributed by atoms with E-state index in [4.69, 9.17) is 16.9 Å². The zero-order chi connectivity index (χ0) is 16.2. The summed E-state index contributed by atoms with van der Waals surface area (Å²) >= 11 is 5.84. The maximum Gasteiger partial charge on any atom is 0.275 e. The van der Waals surface area contributed by atoms with Crippen LogP contribution in [-0.4, -0.2) is 19.4 Å². The van der Waals surface area contributed by atoms with Gasteiger partial charge in [0.2, 0.25) is 10.0 Å². The Morgan fingerprint density at radius 1 is 1.52 bits per heavy atom. The molecule has 0 amide bonds. The monoisotopic (exact) mass is 331 g/mol. The van der Waals surface area contributed by atoms with Crippen LogP contribution >= 0.6 is 11.6 Å². The maximum absolute atomic E-state index is 12.2. The van der Waals surface area contributed by atoms with Gasteiger partial charge in [-0.15, -0.1) is 0 Å². The molecule has 0 spiro atoms. The highest BCUT2D eigenvalue weighted by Gasteiger charge is 2.24. The average molecular weight is 332 g/mol. The molecule has 1 aromatic rings. The first-order valence-corrected chi connectivity index (χ1v) is 7.95. The fourth-order valence-electron chi connectivity index (χ4n) is 1.68. The van der Waals surface area contributed by atoms with E-state index in [9.17, 15) is 18.5 Å². The molecule has 0 radical (unpaired) electrons. The summed E-state index contributed by atoms with van der Waals surface area (Å²) in [5.74, 6) is 0. The second-order valence-electron chi connectivity index (χ2n) is 4.40. The Kier molecular flexibility index (Phi) is 5.66. The summed E-state index contributed by atoms with van der Waals surface area (Å²) in [4.78, 5) is 9.88. The standard InChI is InChI=1S/C12H14ClN3O4S/c1-3-4-9(7-14)15-21(19,20)10-5-11(13)8(2)12(6-10)16(17)18/h5-6,9,15H,3-4H2,1-2H3. The van der Waals surface area contributed by atoms with Crippen LogP contribution in [0.1, 0.15) is 25.3 Å². The van der Waals surface area contributed by atoms with Gasteiger partial charge in [-0.25, -0.2) is 8.42 Å². The Labute approximate surface area is 127 Å². The number of nitro benzene ring substituents is 1. The van der Waals surface area contributed by atoms with Crippen molar-refractivity contribution in [3.05, 3.63) is 32.8 Å². The summed E-state index contributed by atoms with van der Waals surface area (Å²) in [5.41, 5.74) is -0.196.